The molecule has 0 bridgehead atoms. The normalized spacial score (nSPS) is 11.8. The molecule has 8 heteroatoms. The Morgan fingerprint density at radius 1 is 1.33 bits per heavy atom. The number of H-pyrrole nitrogens is 1. The van der Waals surface area contributed by atoms with Gasteiger partial charge >= 0.3 is 0 Å². The monoisotopic (exact) mass is 356 g/mol. The third kappa shape index (κ3) is 3.80. The second kappa shape index (κ2) is 7.89. The summed E-state index contributed by atoms with van der Waals surface area (Å²) < 4.78 is 0. The van der Waals surface area contributed by atoms with E-state index in [2.05, 4.69) is 37.7 Å². The minimum Gasteiger partial charge on any atom is -0.346 e. The number of pyridine rings is 1. The Morgan fingerprint density at radius 2 is 2.19 bits per heavy atom. The molecule has 0 aliphatic heterocycles. The average molecular weight is 356 g/mol. The molecule has 1 unspecified atom stereocenters. The van der Waals surface area contributed by atoms with Gasteiger partial charge in [0.15, 0.2) is 0 Å². The van der Waals surface area contributed by atoms with Gasteiger partial charge < -0.3 is 4.98 Å². The van der Waals surface area contributed by atoms with Crippen molar-refractivity contribution in [2.45, 2.75) is 12.5 Å². The molecule has 3 aromatic rings. The Hall–Kier alpha value is -4.04. The molecule has 1 atom stereocenters. The number of rotatable bonds is 6. The second-order valence-electron chi connectivity index (χ2n) is 5.77. The highest BCUT2D eigenvalue weighted by Crippen LogP contribution is 2.23. The predicted octanol–water partition coefficient (Wildman–Crippen LogP) is 2.81. The van der Waals surface area contributed by atoms with Crippen LogP contribution in [0.25, 0.3) is 16.6 Å². The molecule has 0 amide bonds. The molecule has 0 saturated heterocycles. The standard InChI is InChI=1S/C19H16N8/c1-13(18-16-6-8-22-19(16)25-12-24-18)10-26-27(2)17(5-7-20)14-3-4-15(9-21)23-11-14/h3-4,6,8,10-12,17H,1,5H2,2H3,(H,22,24,25)/b26-10-. The third-order valence-corrected chi connectivity index (χ3v) is 4.08. The van der Waals surface area contributed by atoms with Crippen LogP contribution in [0.2, 0.25) is 0 Å². The maximum atomic E-state index is 9.16. The maximum Gasteiger partial charge on any atom is 0.141 e. The van der Waals surface area contributed by atoms with E-state index in [0.717, 1.165) is 16.6 Å². The molecule has 0 fully saturated rings. The third-order valence-electron chi connectivity index (χ3n) is 4.08. The summed E-state index contributed by atoms with van der Waals surface area (Å²) in [6.07, 6.45) is 6.69. The van der Waals surface area contributed by atoms with Gasteiger partial charge in [0, 0.05) is 30.4 Å². The average Bonchev–Trinajstić information content (AvgIpc) is 3.19. The highest BCUT2D eigenvalue weighted by molar-refractivity contribution is 6.12. The summed E-state index contributed by atoms with van der Waals surface area (Å²) in [7, 11) is 1.77. The molecular weight excluding hydrogens is 340 g/mol. The van der Waals surface area contributed by atoms with E-state index < -0.39 is 0 Å². The van der Waals surface area contributed by atoms with Gasteiger partial charge in [-0.15, -0.1) is 0 Å². The topological polar surface area (TPSA) is 118 Å². The van der Waals surface area contributed by atoms with Gasteiger partial charge in [0.05, 0.1) is 30.4 Å². The van der Waals surface area contributed by atoms with Crippen LogP contribution < -0.4 is 0 Å². The lowest BCUT2D eigenvalue weighted by Crippen LogP contribution is -2.19. The first-order valence-electron chi connectivity index (χ1n) is 8.11. The lowest BCUT2D eigenvalue weighted by molar-refractivity contribution is 0.261. The lowest BCUT2D eigenvalue weighted by Gasteiger charge is -2.23. The largest absolute Gasteiger partial charge is 0.346 e. The molecule has 0 aliphatic carbocycles. The summed E-state index contributed by atoms with van der Waals surface area (Å²) in [6, 6.07) is 9.13. The number of hydrazone groups is 1. The van der Waals surface area contributed by atoms with E-state index in [1.165, 1.54) is 6.33 Å². The number of hydrogen-bond donors (Lipinski definition) is 1. The van der Waals surface area contributed by atoms with Crippen LogP contribution in [0.1, 0.15) is 29.4 Å². The first-order chi connectivity index (χ1) is 13.1. The predicted molar refractivity (Wildman–Crippen MR) is 101 cm³/mol. The van der Waals surface area contributed by atoms with Gasteiger partial charge in [-0.1, -0.05) is 12.6 Å². The summed E-state index contributed by atoms with van der Waals surface area (Å²) >= 11 is 0. The zero-order valence-electron chi connectivity index (χ0n) is 14.7. The number of nitriles is 2. The van der Waals surface area contributed by atoms with Gasteiger partial charge in [0.2, 0.25) is 0 Å². The number of nitrogens with one attached hydrogen (secondary N) is 1. The Balaban J connectivity index is 1.81. The van der Waals surface area contributed by atoms with Gasteiger partial charge in [-0.3, -0.25) is 5.01 Å². The highest BCUT2D eigenvalue weighted by atomic mass is 15.4. The van der Waals surface area contributed by atoms with Crippen molar-refractivity contribution in [2.24, 2.45) is 5.10 Å². The number of aromatic amines is 1. The van der Waals surface area contributed by atoms with Gasteiger partial charge in [-0.2, -0.15) is 15.6 Å². The van der Waals surface area contributed by atoms with Gasteiger partial charge in [0.1, 0.15) is 23.7 Å². The van der Waals surface area contributed by atoms with Crippen LogP contribution >= 0.6 is 0 Å². The summed E-state index contributed by atoms with van der Waals surface area (Å²) in [5.41, 5.74) is 3.18. The first-order valence-corrected chi connectivity index (χ1v) is 8.11. The van der Waals surface area contributed by atoms with Crippen LogP contribution in [0, 0.1) is 22.7 Å². The van der Waals surface area contributed by atoms with Crippen molar-refractivity contribution in [1.82, 2.24) is 24.9 Å². The Kier molecular flexibility index (Phi) is 5.20. The van der Waals surface area contributed by atoms with Crippen molar-refractivity contribution < 1.29 is 0 Å². The molecule has 8 nitrogen and oxygen atoms in total. The molecule has 0 spiro atoms. The quantitative estimate of drug-likeness (QED) is 0.536. The van der Waals surface area contributed by atoms with Crippen molar-refractivity contribution in [2.75, 3.05) is 7.05 Å². The van der Waals surface area contributed by atoms with Crippen molar-refractivity contribution >= 4 is 22.8 Å². The van der Waals surface area contributed by atoms with E-state index in [1.54, 1.807) is 42.8 Å². The van der Waals surface area contributed by atoms with E-state index in [9.17, 15) is 0 Å². The fourth-order valence-corrected chi connectivity index (χ4v) is 2.65. The molecule has 132 valence electrons. The summed E-state index contributed by atoms with van der Waals surface area (Å²) in [4.78, 5) is 15.5. The molecule has 3 heterocycles. The number of aromatic nitrogens is 4. The minimum absolute atomic E-state index is 0.226. The molecule has 3 aromatic heterocycles. The van der Waals surface area contributed by atoms with Crippen LogP contribution in [0.3, 0.4) is 0 Å². The fourth-order valence-electron chi connectivity index (χ4n) is 2.65. The van der Waals surface area contributed by atoms with E-state index in [-0.39, 0.29) is 12.5 Å². The number of fused-ring (bicyclic) bond motifs is 1. The number of allylic oxidation sites excluding steroid dienone is 1. The molecule has 3 rings (SSSR count). The highest BCUT2D eigenvalue weighted by Gasteiger charge is 2.16. The van der Waals surface area contributed by atoms with Crippen molar-refractivity contribution in [3.8, 4) is 12.1 Å². The Bertz CT molecular complexity index is 1070. The van der Waals surface area contributed by atoms with Crippen LogP contribution in [0.15, 0.2) is 48.6 Å². The molecular formula is C19H16N8. The molecule has 0 saturated carbocycles. The fraction of sp³-hybridized carbons (Fsp3) is 0.158. The van der Waals surface area contributed by atoms with Gasteiger partial charge in [-0.25, -0.2) is 15.0 Å². The number of hydrogen-bond acceptors (Lipinski definition) is 7. The van der Waals surface area contributed by atoms with Crippen molar-refractivity contribution in [1.29, 1.82) is 10.5 Å². The summed E-state index contributed by atoms with van der Waals surface area (Å²) in [5, 5.41) is 25.0. The van der Waals surface area contributed by atoms with E-state index in [1.807, 2.05) is 12.1 Å². The SMILES string of the molecule is C=C(/C=N\N(C)C(CC#N)c1ccc(C#N)nc1)c1ncnc2[nH]ccc12. The molecule has 27 heavy (non-hydrogen) atoms. The lowest BCUT2D eigenvalue weighted by atomic mass is 10.1. The smallest absolute Gasteiger partial charge is 0.141 e. The van der Waals surface area contributed by atoms with E-state index >= 15 is 0 Å². The molecule has 0 aliphatic rings. The molecule has 0 radical (unpaired) electrons. The second-order valence-corrected chi connectivity index (χ2v) is 5.77. The molecule has 1 N–H and O–H groups in total. The zero-order valence-corrected chi connectivity index (χ0v) is 14.7. The van der Waals surface area contributed by atoms with Crippen LogP contribution in [0.4, 0.5) is 0 Å². The summed E-state index contributed by atoms with van der Waals surface area (Å²) in [5.74, 6) is 0. The Labute approximate surface area is 156 Å². The molecule has 0 aromatic carbocycles. The van der Waals surface area contributed by atoms with Crippen molar-refractivity contribution in [3.05, 3.63) is 60.5 Å². The minimum atomic E-state index is -0.294. The number of nitrogens with zero attached hydrogens (tertiary/aromatic N) is 7. The van der Waals surface area contributed by atoms with Crippen LogP contribution in [-0.2, 0) is 0 Å². The van der Waals surface area contributed by atoms with Gasteiger partial charge in [-0.05, 0) is 17.7 Å². The van der Waals surface area contributed by atoms with Gasteiger partial charge in [0.25, 0.3) is 0 Å². The Morgan fingerprint density at radius 3 is 2.89 bits per heavy atom. The van der Waals surface area contributed by atoms with Crippen LogP contribution in [-0.4, -0.2) is 38.2 Å². The summed E-state index contributed by atoms with van der Waals surface area (Å²) in [6.45, 7) is 4.03. The van der Waals surface area contributed by atoms with Crippen molar-refractivity contribution in [3.63, 3.8) is 0 Å². The van der Waals surface area contributed by atoms with Crippen LogP contribution in [0.5, 0.6) is 0 Å². The first kappa shape index (κ1) is 17.8. The van der Waals surface area contributed by atoms with E-state index in [4.69, 9.17) is 10.5 Å². The zero-order chi connectivity index (χ0) is 19.2. The maximum absolute atomic E-state index is 9.16. The van der Waals surface area contributed by atoms with E-state index in [0.29, 0.717) is 17.0 Å².